The molecule has 0 unspecified atom stereocenters. The molecule has 0 heterocycles. The molecule has 1 atom stereocenters. The summed E-state index contributed by atoms with van der Waals surface area (Å²) >= 11 is 0. The van der Waals surface area contributed by atoms with E-state index in [0.717, 1.165) is 0 Å². The zero-order chi connectivity index (χ0) is 10.1. The fourth-order valence-corrected chi connectivity index (χ4v) is 0.566. The van der Waals surface area contributed by atoms with Crippen molar-refractivity contribution in [3.63, 3.8) is 0 Å². The Balaban J connectivity index is 3.12. The summed E-state index contributed by atoms with van der Waals surface area (Å²) in [6, 6.07) is 0. The molecule has 5 nitrogen and oxygen atoms in total. The van der Waals surface area contributed by atoms with Crippen molar-refractivity contribution in [3.05, 3.63) is 0 Å². The van der Waals surface area contributed by atoms with Crippen LogP contribution in [0.25, 0.3) is 0 Å². The number of carbonyl (C=O) groups excluding carboxylic acids is 1. The zero-order valence-corrected chi connectivity index (χ0v) is 7.99. The molecule has 1 N–H and O–H groups in total. The minimum absolute atomic E-state index is 0.160. The van der Waals surface area contributed by atoms with Crippen molar-refractivity contribution >= 4 is 5.97 Å². The summed E-state index contributed by atoms with van der Waals surface area (Å²) in [5.41, 5.74) is 0. The number of carbonyl (C=O) groups is 1. The average Bonchev–Trinajstić information content (AvgIpc) is 2.10. The van der Waals surface area contributed by atoms with Crippen molar-refractivity contribution in [2.45, 2.75) is 13.0 Å². The van der Waals surface area contributed by atoms with Gasteiger partial charge in [0.15, 0.2) is 0 Å². The molecular formula is C8H16O5. The van der Waals surface area contributed by atoms with Crippen LogP contribution in [-0.4, -0.2) is 50.7 Å². The third-order valence-electron chi connectivity index (χ3n) is 1.24. The van der Waals surface area contributed by atoms with E-state index >= 15 is 0 Å². The van der Waals surface area contributed by atoms with Crippen molar-refractivity contribution in [3.8, 4) is 0 Å². The maximum absolute atomic E-state index is 10.7. The lowest BCUT2D eigenvalue weighted by atomic mass is 10.4. The Hall–Kier alpha value is -0.650. The Morgan fingerprint density at radius 1 is 1.31 bits per heavy atom. The van der Waals surface area contributed by atoms with Gasteiger partial charge in [0.25, 0.3) is 0 Å². The summed E-state index contributed by atoms with van der Waals surface area (Å²) in [6.07, 6.45) is -1.07. The highest BCUT2D eigenvalue weighted by molar-refractivity contribution is 5.73. The van der Waals surface area contributed by atoms with E-state index in [1.54, 1.807) is 7.11 Å². The number of hydrogen-bond donors (Lipinski definition) is 1. The van der Waals surface area contributed by atoms with Crippen LogP contribution >= 0.6 is 0 Å². The van der Waals surface area contributed by atoms with Crippen molar-refractivity contribution in [2.75, 3.05) is 33.5 Å². The van der Waals surface area contributed by atoms with Crippen molar-refractivity contribution in [1.29, 1.82) is 0 Å². The Morgan fingerprint density at radius 2 is 1.92 bits per heavy atom. The number of methoxy groups -OCH3 is 1. The highest BCUT2D eigenvalue weighted by atomic mass is 16.6. The molecule has 0 saturated heterocycles. The molecule has 0 rings (SSSR count). The lowest BCUT2D eigenvalue weighted by Gasteiger charge is -2.06. The predicted molar refractivity (Wildman–Crippen MR) is 45.3 cm³/mol. The van der Waals surface area contributed by atoms with Gasteiger partial charge in [-0.05, 0) is 6.92 Å². The molecule has 0 saturated carbocycles. The highest BCUT2D eigenvalue weighted by Crippen LogP contribution is 1.86. The molecule has 0 aliphatic carbocycles. The van der Waals surface area contributed by atoms with Crippen LogP contribution in [0.1, 0.15) is 6.92 Å². The first-order chi connectivity index (χ1) is 6.18. The maximum Gasteiger partial charge on any atom is 0.334 e. The lowest BCUT2D eigenvalue weighted by Crippen LogP contribution is -2.21. The number of hydrogen-bond acceptors (Lipinski definition) is 5. The third-order valence-corrected chi connectivity index (χ3v) is 1.24. The zero-order valence-electron chi connectivity index (χ0n) is 7.99. The van der Waals surface area contributed by atoms with Gasteiger partial charge in [0.2, 0.25) is 0 Å². The molecule has 0 aromatic heterocycles. The van der Waals surface area contributed by atoms with E-state index < -0.39 is 12.1 Å². The summed E-state index contributed by atoms with van der Waals surface area (Å²) in [7, 11) is 1.58. The smallest absolute Gasteiger partial charge is 0.334 e. The maximum atomic E-state index is 10.7. The van der Waals surface area contributed by atoms with Gasteiger partial charge in [-0.25, -0.2) is 4.79 Å². The highest BCUT2D eigenvalue weighted by Gasteiger charge is 2.08. The topological polar surface area (TPSA) is 65.0 Å². The molecule has 0 aliphatic heterocycles. The molecule has 5 heteroatoms. The van der Waals surface area contributed by atoms with Crippen LogP contribution in [0.2, 0.25) is 0 Å². The Bertz CT molecular complexity index is 134. The largest absolute Gasteiger partial charge is 0.461 e. The summed E-state index contributed by atoms with van der Waals surface area (Å²) in [4.78, 5) is 10.7. The number of esters is 1. The fraction of sp³-hybridized carbons (Fsp3) is 0.875. The molecular weight excluding hydrogens is 176 g/mol. The minimum Gasteiger partial charge on any atom is -0.461 e. The first-order valence-corrected chi connectivity index (χ1v) is 4.10. The summed E-state index contributed by atoms with van der Waals surface area (Å²) in [5, 5.41) is 8.73. The quantitative estimate of drug-likeness (QED) is 0.438. The van der Waals surface area contributed by atoms with Crippen LogP contribution in [0, 0.1) is 0 Å². The van der Waals surface area contributed by atoms with Gasteiger partial charge in [-0.1, -0.05) is 0 Å². The van der Waals surface area contributed by atoms with E-state index in [9.17, 15) is 4.79 Å². The summed E-state index contributed by atoms with van der Waals surface area (Å²) in [6.45, 7) is 2.83. The van der Waals surface area contributed by atoms with E-state index in [0.29, 0.717) is 19.8 Å². The van der Waals surface area contributed by atoms with Gasteiger partial charge in [0.1, 0.15) is 12.7 Å². The van der Waals surface area contributed by atoms with Gasteiger partial charge < -0.3 is 19.3 Å². The lowest BCUT2D eigenvalue weighted by molar-refractivity contribution is -0.154. The van der Waals surface area contributed by atoms with Gasteiger partial charge in [-0.15, -0.1) is 0 Å². The van der Waals surface area contributed by atoms with E-state index in [1.807, 2.05) is 0 Å². The van der Waals surface area contributed by atoms with Gasteiger partial charge in [0, 0.05) is 7.11 Å². The van der Waals surface area contributed by atoms with Gasteiger partial charge in [-0.2, -0.15) is 0 Å². The fourth-order valence-electron chi connectivity index (χ4n) is 0.566. The van der Waals surface area contributed by atoms with Gasteiger partial charge >= 0.3 is 5.97 Å². The summed E-state index contributed by atoms with van der Waals surface area (Å²) < 4.78 is 14.4. The average molecular weight is 192 g/mol. The predicted octanol–water partition coefficient (Wildman–Crippen LogP) is -0.427. The molecule has 0 amide bonds. The van der Waals surface area contributed by atoms with Crippen molar-refractivity contribution in [1.82, 2.24) is 0 Å². The van der Waals surface area contributed by atoms with Gasteiger partial charge in [0.05, 0.1) is 19.8 Å². The van der Waals surface area contributed by atoms with Crippen molar-refractivity contribution < 1.29 is 24.1 Å². The molecule has 0 aliphatic rings. The van der Waals surface area contributed by atoms with E-state index in [1.165, 1.54) is 6.92 Å². The first kappa shape index (κ1) is 12.3. The number of rotatable bonds is 7. The van der Waals surface area contributed by atoms with E-state index in [-0.39, 0.29) is 6.61 Å². The molecule has 78 valence electrons. The molecule has 0 aromatic carbocycles. The second-order valence-corrected chi connectivity index (χ2v) is 2.45. The van der Waals surface area contributed by atoms with Crippen LogP contribution in [0.15, 0.2) is 0 Å². The molecule has 0 aromatic rings. The SMILES string of the molecule is COCCOCCOC(=O)[C@H](C)O. The molecule has 0 bridgehead atoms. The van der Waals surface area contributed by atoms with Crippen LogP contribution < -0.4 is 0 Å². The Kier molecular flexibility index (Phi) is 7.57. The van der Waals surface area contributed by atoms with E-state index in [2.05, 4.69) is 4.74 Å². The van der Waals surface area contributed by atoms with E-state index in [4.69, 9.17) is 14.6 Å². The summed E-state index contributed by atoms with van der Waals surface area (Å²) in [5.74, 6) is -0.629. The van der Waals surface area contributed by atoms with Crippen LogP contribution in [-0.2, 0) is 19.0 Å². The molecule has 0 radical (unpaired) electrons. The monoisotopic (exact) mass is 192 g/mol. The molecule has 13 heavy (non-hydrogen) atoms. The Labute approximate surface area is 77.6 Å². The number of aliphatic hydroxyl groups excluding tert-OH is 1. The molecule has 0 spiro atoms. The number of aliphatic hydroxyl groups is 1. The second kappa shape index (κ2) is 7.97. The van der Waals surface area contributed by atoms with Gasteiger partial charge in [-0.3, -0.25) is 0 Å². The first-order valence-electron chi connectivity index (χ1n) is 4.10. The number of ether oxygens (including phenoxy) is 3. The van der Waals surface area contributed by atoms with Crippen LogP contribution in [0.3, 0.4) is 0 Å². The minimum atomic E-state index is -1.07. The standard InChI is InChI=1S/C8H16O5/c1-7(9)8(10)13-6-5-12-4-3-11-2/h7,9H,3-6H2,1-2H3/t7-/m0/s1. The van der Waals surface area contributed by atoms with Crippen LogP contribution in [0.5, 0.6) is 0 Å². The third kappa shape index (κ3) is 7.70. The second-order valence-electron chi connectivity index (χ2n) is 2.45. The van der Waals surface area contributed by atoms with Crippen molar-refractivity contribution in [2.24, 2.45) is 0 Å². The normalized spacial score (nSPS) is 12.5. The van der Waals surface area contributed by atoms with Crippen LogP contribution in [0.4, 0.5) is 0 Å². The Morgan fingerprint density at radius 3 is 2.46 bits per heavy atom. The molecule has 0 fully saturated rings.